The van der Waals surface area contributed by atoms with E-state index in [1.54, 1.807) is 0 Å². The number of hydrogen-bond donors (Lipinski definition) is 0. The van der Waals surface area contributed by atoms with Crippen LogP contribution in [0, 0.1) is 0 Å². The van der Waals surface area contributed by atoms with Gasteiger partial charge in [0.25, 0.3) is 0 Å². The fourth-order valence-electron chi connectivity index (χ4n) is 1.71. The second kappa shape index (κ2) is 5.37. The second-order valence-electron chi connectivity index (χ2n) is 3.73. The van der Waals surface area contributed by atoms with E-state index >= 15 is 0 Å². The molecule has 0 radical (unpaired) electrons. The molecule has 2 aromatic heterocycles. The Balaban J connectivity index is 2.05. The van der Waals surface area contributed by atoms with Gasteiger partial charge < -0.3 is 0 Å². The number of pyridine rings is 2. The fraction of sp³-hybridized carbons (Fsp3) is 0.0667. The van der Waals surface area contributed by atoms with Gasteiger partial charge in [-0.25, -0.2) is 0 Å². The zero-order valence-electron chi connectivity index (χ0n) is 9.79. The Morgan fingerprint density at radius 1 is 0.889 bits per heavy atom. The molecule has 2 aromatic rings. The van der Waals surface area contributed by atoms with Crippen LogP contribution in [-0.4, -0.2) is 9.97 Å². The Hall–Kier alpha value is -1.60. The summed E-state index contributed by atoms with van der Waals surface area (Å²) in [6, 6.07) is 12.3. The molecule has 0 amide bonds. The van der Waals surface area contributed by atoms with Crippen LogP contribution in [0.1, 0.15) is 6.42 Å². The van der Waals surface area contributed by atoms with Crippen molar-refractivity contribution < 1.29 is 16.0 Å². The van der Waals surface area contributed by atoms with Gasteiger partial charge in [-0.15, -0.1) is 0 Å². The molecule has 0 fully saturated rings. The average Bonchev–Trinajstić information content (AvgIpc) is 2.95. The van der Waals surface area contributed by atoms with Crippen LogP contribution in [0.3, 0.4) is 0 Å². The molecule has 0 bridgehead atoms. The minimum absolute atomic E-state index is 1.04. The van der Waals surface area contributed by atoms with Crippen LogP contribution >= 0.6 is 0 Å². The van der Waals surface area contributed by atoms with E-state index in [2.05, 4.69) is 52.5 Å². The van der Waals surface area contributed by atoms with Crippen LogP contribution in [0.2, 0.25) is 0 Å². The molecule has 2 heterocycles. The van der Waals surface area contributed by atoms with E-state index in [-0.39, 0.29) is 0 Å². The SMILES string of the molecule is C1=CC[C]([Rh]([c]2ccccn2)[c]2ccccn2)=C1. The van der Waals surface area contributed by atoms with Gasteiger partial charge in [-0.05, 0) is 0 Å². The monoisotopic (exact) mass is 324 g/mol. The molecular weight excluding hydrogens is 311 g/mol. The van der Waals surface area contributed by atoms with E-state index < -0.39 is 16.0 Å². The number of nitrogens with zero attached hydrogens (tertiary/aromatic N) is 2. The molecule has 3 heteroatoms. The fourth-order valence-corrected chi connectivity index (χ4v) is 5.70. The maximum atomic E-state index is 4.55. The molecule has 18 heavy (non-hydrogen) atoms. The molecule has 0 spiro atoms. The van der Waals surface area contributed by atoms with Crippen molar-refractivity contribution in [2.45, 2.75) is 6.42 Å². The van der Waals surface area contributed by atoms with Crippen LogP contribution in [0.5, 0.6) is 0 Å². The first-order valence-corrected chi connectivity index (χ1v) is 8.22. The summed E-state index contributed by atoms with van der Waals surface area (Å²) in [7, 11) is 0. The summed E-state index contributed by atoms with van der Waals surface area (Å²) in [6.45, 7) is 0. The van der Waals surface area contributed by atoms with Crippen molar-refractivity contribution in [2.75, 3.05) is 0 Å². The first-order chi connectivity index (χ1) is 8.95. The van der Waals surface area contributed by atoms with Crippen molar-refractivity contribution in [3.8, 4) is 0 Å². The third-order valence-corrected chi connectivity index (χ3v) is 6.80. The van der Waals surface area contributed by atoms with Gasteiger partial charge in [0.15, 0.2) is 0 Å². The predicted octanol–water partition coefficient (Wildman–Crippen LogP) is 1.89. The van der Waals surface area contributed by atoms with Crippen LogP contribution in [-0.2, 0) is 16.0 Å². The average molecular weight is 324 g/mol. The molecule has 1 aliphatic rings. The minimum atomic E-state index is -1.32. The molecule has 0 N–H and O–H groups in total. The number of hydrogen-bond acceptors (Lipinski definition) is 2. The van der Waals surface area contributed by atoms with Gasteiger partial charge in [-0.1, -0.05) is 0 Å². The van der Waals surface area contributed by atoms with E-state index in [1.807, 2.05) is 24.5 Å². The van der Waals surface area contributed by atoms with Gasteiger partial charge >= 0.3 is 112 Å². The summed E-state index contributed by atoms with van der Waals surface area (Å²) in [6.07, 6.45) is 11.4. The molecule has 0 unspecified atom stereocenters. The van der Waals surface area contributed by atoms with Crippen molar-refractivity contribution in [2.24, 2.45) is 0 Å². The molecule has 3 rings (SSSR count). The van der Waals surface area contributed by atoms with Gasteiger partial charge in [-0.2, -0.15) is 0 Å². The van der Waals surface area contributed by atoms with Crippen molar-refractivity contribution in [3.63, 3.8) is 0 Å². The molecule has 0 aromatic carbocycles. The van der Waals surface area contributed by atoms with Gasteiger partial charge in [-0.3, -0.25) is 0 Å². The molecule has 0 atom stereocenters. The van der Waals surface area contributed by atoms with E-state index in [9.17, 15) is 0 Å². The summed E-state index contributed by atoms with van der Waals surface area (Å²) >= 11 is -1.32. The van der Waals surface area contributed by atoms with E-state index in [1.165, 1.54) is 12.7 Å². The van der Waals surface area contributed by atoms with Crippen molar-refractivity contribution in [3.05, 3.63) is 71.2 Å². The van der Waals surface area contributed by atoms with Crippen LogP contribution in [0.4, 0.5) is 0 Å². The van der Waals surface area contributed by atoms with Gasteiger partial charge in [0.2, 0.25) is 0 Å². The normalized spacial score (nSPS) is 14.4. The second-order valence-corrected chi connectivity index (χ2v) is 7.69. The van der Waals surface area contributed by atoms with Crippen LogP contribution in [0.25, 0.3) is 0 Å². The van der Waals surface area contributed by atoms with Crippen molar-refractivity contribution in [1.82, 2.24) is 9.97 Å². The van der Waals surface area contributed by atoms with Crippen molar-refractivity contribution >= 4 is 8.58 Å². The quantitative estimate of drug-likeness (QED) is 0.806. The van der Waals surface area contributed by atoms with E-state index in [4.69, 9.17) is 0 Å². The zero-order chi connectivity index (χ0) is 12.2. The Morgan fingerprint density at radius 2 is 1.56 bits per heavy atom. The Bertz CT molecular complexity index is 536. The third kappa shape index (κ3) is 2.32. The molecule has 0 aliphatic heterocycles. The standard InChI is InChI=1S/2C5H4N.C5H5.Rh/c2*1-2-4-6-5-3-1;1-2-4-5-3-1;/h2*1-4H;1-3H,4H2;. The zero-order valence-corrected chi connectivity index (χ0v) is 11.4. The maximum absolute atomic E-state index is 4.55. The topological polar surface area (TPSA) is 25.8 Å². The predicted molar refractivity (Wildman–Crippen MR) is 69.6 cm³/mol. The van der Waals surface area contributed by atoms with Gasteiger partial charge in [0, 0.05) is 0 Å². The summed E-state index contributed by atoms with van der Waals surface area (Å²) < 4.78 is 3.87. The Labute approximate surface area is 112 Å². The molecule has 0 saturated carbocycles. The molecular formula is C15H13N2Rh. The molecule has 92 valence electrons. The van der Waals surface area contributed by atoms with Gasteiger partial charge in [0.1, 0.15) is 0 Å². The Kier molecular flexibility index (Phi) is 3.43. The summed E-state index contributed by atoms with van der Waals surface area (Å²) in [5.41, 5.74) is 0. The molecule has 0 saturated heterocycles. The van der Waals surface area contributed by atoms with Crippen LogP contribution < -0.4 is 8.58 Å². The van der Waals surface area contributed by atoms with E-state index in [0.717, 1.165) is 6.42 Å². The van der Waals surface area contributed by atoms with E-state index in [0.29, 0.717) is 0 Å². The van der Waals surface area contributed by atoms with Gasteiger partial charge in [0.05, 0.1) is 0 Å². The summed E-state index contributed by atoms with van der Waals surface area (Å²) in [5, 5.41) is 0. The van der Waals surface area contributed by atoms with Crippen LogP contribution in [0.15, 0.2) is 71.2 Å². The van der Waals surface area contributed by atoms with Crippen molar-refractivity contribution in [1.29, 1.82) is 0 Å². The number of rotatable bonds is 3. The molecule has 1 aliphatic carbocycles. The Morgan fingerprint density at radius 3 is 2.00 bits per heavy atom. The molecule has 2 nitrogen and oxygen atoms in total. The first-order valence-electron chi connectivity index (χ1n) is 5.76. The first kappa shape index (κ1) is 11.5. The number of aromatic nitrogens is 2. The third-order valence-electron chi connectivity index (χ3n) is 2.50. The number of allylic oxidation sites excluding steroid dienone is 4. The summed E-state index contributed by atoms with van der Waals surface area (Å²) in [4.78, 5) is 9.10. The summed E-state index contributed by atoms with van der Waals surface area (Å²) in [5.74, 6) is 0.